The molecule has 2 nitrogen and oxygen atoms in total. The number of rotatable bonds is 3. The van der Waals surface area contributed by atoms with Crippen LogP contribution in [0.2, 0.25) is 0 Å². The van der Waals surface area contributed by atoms with Gasteiger partial charge in [0.25, 0.3) is 0 Å². The van der Waals surface area contributed by atoms with Gasteiger partial charge in [0.15, 0.2) is 5.78 Å². The molecule has 1 aliphatic carbocycles. The summed E-state index contributed by atoms with van der Waals surface area (Å²) in [6.45, 7) is 0. The lowest BCUT2D eigenvalue weighted by molar-refractivity contribution is 0.0937. The fourth-order valence-corrected chi connectivity index (χ4v) is 2.17. The first kappa shape index (κ1) is 11.9. The molecule has 0 N–H and O–H groups in total. The third-order valence-electron chi connectivity index (χ3n) is 3.26. The second-order valence-electron chi connectivity index (χ2n) is 4.77. The molecule has 1 aliphatic rings. The zero-order valence-corrected chi connectivity index (χ0v) is 10.5. The SMILES string of the molecule is CN(C)c1ccc(C(=O)C2C=CCCC2)cc1. The predicted octanol–water partition coefficient (Wildman–Crippen LogP) is 3.29. The molecule has 0 fully saturated rings. The quantitative estimate of drug-likeness (QED) is 0.585. The smallest absolute Gasteiger partial charge is 0.169 e. The van der Waals surface area contributed by atoms with Crippen LogP contribution in [0.5, 0.6) is 0 Å². The molecular weight excluding hydrogens is 210 g/mol. The van der Waals surface area contributed by atoms with Gasteiger partial charge in [-0.15, -0.1) is 0 Å². The van der Waals surface area contributed by atoms with Gasteiger partial charge >= 0.3 is 0 Å². The molecular formula is C15H19NO. The van der Waals surface area contributed by atoms with Gasteiger partial charge in [-0.3, -0.25) is 4.79 Å². The molecule has 1 aromatic rings. The molecule has 1 unspecified atom stereocenters. The van der Waals surface area contributed by atoms with Gasteiger partial charge in [-0.1, -0.05) is 12.2 Å². The van der Waals surface area contributed by atoms with Crippen LogP contribution in [0.25, 0.3) is 0 Å². The van der Waals surface area contributed by atoms with E-state index in [2.05, 4.69) is 12.2 Å². The van der Waals surface area contributed by atoms with Crippen LogP contribution in [0.4, 0.5) is 5.69 Å². The number of ketones is 1. The Balaban J connectivity index is 2.14. The minimum absolute atomic E-state index is 0.0916. The molecule has 0 bridgehead atoms. The molecule has 2 heteroatoms. The van der Waals surface area contributed by atoms with Gasteiger partial charge < -0.3 is 4.90 Å². The third-order valence-corrected chi connectivity index (χ3v) is 3.26. The number of allylic oxidation sites excluding steroid dienone is 2. The van der Waals surface area contributed by atoms with E-state index in [0.717, 1.165) is 30.5 Å². The van der Waals surface area contributed by atoms with Crippen LogP contribution >= 0.6 is 0 Å². The maximum absolute atomic E-state index is 12.2. The van der Waals surface area contributed by atoms with Crippen molar-refractivity contribution in [1.29, 1.82) is 0 Å². The number of anilines is 1. The summed E-state index contributed by atoms with van der Waals surface area (Å²) in [5.41, 5.74) is 1.95. The molecule has 90 valence electrons. The lowest BCUT2D eigenvalue weighted by Gasteiger charge is -2.16. The van der Waals surface area contributed by atoms with Crippen LogP contribution in [0.1, 0.15) is 29.6 Å². The highest BCUT2D eigenvalue weighted by Crippen LogP contribution is 2.22. The molecule has 0 aromatic heterocycles. The van der Waals surface area contributed by atoms with Crippen molar-refractivity contribution < 1.29 is 4.79 Å². The van der Waals surface area contributed by atoms with Crippen molar-refractivity contribution in [2.24, 2.45) is 5.92 Å². The second kappa shape index (κ2) is 5.17. The lowest BCUT2D eigenvalue weighted by atomic mass is 9.89. The number of benzene rings is 1. The van der Waals surface area contributed by atoms with Gasteiger partial charge in [0, 0.05) is 31.3 Å². The monoisotopic (exact) mass is 229 g/mol. The van der Waals surface area contributed by atoms with Crippen molar-refractivity contribution >= 4 is 11.5 Å². The van der Waals surface area contributed by atoms with E-state index in [9.17, 15) is 4.79 Å². The summed E-state index contributed by atoms with van der Waals surface area (Å²) in [7, 11) is 4.00. The third kappa shape index (κ3) is 2.76. The molecule has 0 radical (unpaired) electrons. The topological polar surface area (TPSA) is 20.3 Å². The molecule has 0 heterocycles. The Morgan fingerprint density at radius 3 is 2.47 bits per heavy atom. The molecule has 0 saturated carbocycles. The van der Waals surface area contributed by atoms with Crippen LogP contribution < -0.4 is 4.90 Å². The summed E-state index contributed by atoms with van der Waals surface area (Å²) in [6, 6.07) is 7.86. The van der Waals surface area contributed by atoms with Crippen LogP contribution in [-0.2, 0) is 0 Å². The molecule has 0 spiro atoms. The standard InChI is InChI=1S/C15H19NO/c1-16(2)14-10-8-13(9-11-14)15(17)12-6-4-3-5-7-12/h4,6,8-12H,3,5,7H2,1-2H3. The average molecular weight is 229 g/mol. The Morgan fingerprint density at radius 1 is 1.24 bits per heavy atom. The maximum atomic E-state index is 12.2. The van der Waals surface area contributed by atoms with Gasteiger partial charge in [-0.05, 0) is 43.5 Å². The summed E-state index contributed by atoms with van der Waals surface area (Å²) in [6.07, 6.45) is 7.42. The molecule has 1 atom stereocenters. The Hall–Kier alpha value is -1.57. The zero-order valence-electron chi connectivity index (χ0n) is 10.5. The van der Waals surface area contributed by atoms with Gasteiger partial charge in [-0.2, -0.15) is 0 Å². The van der Waals surface area contributed by atoms with Crippen molar-refractivity contribution in [2.45, 2.75) is 19.3 Å². The van der Waals surface area contributed by atoms with E-state index in [4.69, 9.17) is 0 Å². The molecule has 0 aliphatic heterocycles. The van der Waals surface area contributed by atoms with E-state index in [1.54, 1.807) is 0 Å². The van der Waals surface area contributed by atoms with Crippen LogP contribution in [0.15, 0.2) is 36.4 Å². The number of carbonyl (C=O) groups excluding carboxylic acids is 1. The van der Waals surface area contributed by atoms with E-state index in [-0.39, 0.29) is 11.7 Å². The fourth-order valence-electron chi connectivity index (χ4n) is 2.17. The first-order valence-electron chi connectivity index (χ1n) is 6.17. The minimum atomic E-state index is 0.0916. The average Bonchev–Trinajstić information content (AvgIpc) is 2.39. The summed E-state index contributed by atoms with van der Waals surface area (Å²) in [5, 5.41) is 0. The Kier molecular flexibility index (Phi) is 3.62. The Labute approximate surface area is 103 Å². The predicted molar refractivity (Wildman–Crippen MR) is 71.6 cm³/mol. The van der Waals surface area contributed by atoms with Gasteiger partial charge in [0.1, 0.15) is 0 Å². The van der Waals surface area contributed by atoms with Crippen molar-refractivity contribution in [3.05, 3.63) is 42.0 Å². The van der Waals surface area contributed by atoms with Crippen LogP contribution in [0, 0.1) is 5.92 Å². The van der Waals surface area contributed by atoms with Crippen LogP contribution in [-0.4, -0.2) is 19.9 Å². The molecule has 2 rings (SSSR count). The van der Waals surface area contributed by atoms with Crippen molar-refractivity contribution in [1.82, 2.24) is 0 Å². The van der Waals surface area contributed by atoms with E-state index < -0.39 is 0 Å². The number of nitrogens with zero attached hydrogens (tertiary/aromatic N) is 1. The molecule has 1 aromatic carbocycles. The zero-order chi connectivity index (χ0) is 12.3. The maximum Gasteiger partial charge on any atom is 0.169 e. The van der Waals surface area contributed by atoms with Gasteiger partial charge in [-0.25, -0.2) is 0 Å². The second-order valence-corrected chi connectivity index (χ2v) is 4.77. The molecule has 17 heavy (non-hydrogen) atoms. The highest BCUT2D eigenvalue weighted by molar-refractivity contribution is 5.99. The minimum Gasteiger partial charge on any atom is -0.378 e. The number of carbonyl (C=O) groups is 1. The number of Topliss-reactive ketones (excluding diaryl/α,β-unsaturated/α-hetero) is 1. The van der Waals surface area contributed by atoms with Gasteiger partial charge in [0.05, 0.1) is 0 Å². The number of hydrogen-bond acceptors (Lipinski definition) is 2. The molecule has 0 saturated heterocycles. The van der Waals surface area contributed by atoms with E-state index in [0.29, 0.717) is 0 Å². The van der Waals surface area contributed by atoms with Crippen molar-refractivity contribution in [2.75, 3.05) is 19.0 Å². The van der Waals surface area contributed by atoms with Gasteiger partial charge in [0.2, 0.25) is 0 Å². The van der Waals surface area contributed by atoms with E-state index in [1.165, 1.54) is 0 Å². The largest absolute Gasteiger partial charge is 0.378 e. The Bertz CT molecular complexity index is 417. The van der Waals surface area contributed by atoms with Crippen molar-refractivity contribution in [3.8, 4) is 0 Å². The summed E-state index contributed by atoms with van der Waals surface area (Å²) >= 11 is 0. The highest BCUT2D eigenvalue weighted by Gasteiger charge is 2.18. The number of hydrogen-bond donors (Lipinski definition) is 0. The normalized spacial score (nSPS) is 19.1. The first-order valence-corrected chi connectivity index (χ1v) is 6.17. The fraction of sp³-hybridized carbons (Fsp3) is 0.400. The van der Waals surface area contributed by atoms with Crippen LogP contribution in [0.3, 0.4) is 0 Å². The first-order chi connectivity index (χ1) is 8.18. The Morgan fingerprint density at radius 2 is 1.94 bits per heavy atom. The van der Waals surface area contributed by atoms with Crippen molar-refractivity contribution in [3.63, 3.8) is 0 Å². The summed E-state index contributed by atoms with van der Waals surface area (Å²) < 4.78 is 0. The summed E-state index contributed by atoms with van der Waals surface area (Å²) in [4.78, 5) is 14.3. The summed E-state index contributed by atoms with van der Waals surface area (Å²) in [5.74, 6) is 0.347. The van der Waals surface area contributed by atoms with E-state index >= 15 is 0 Å². The lowest BCUT2D eigenvalue weighted by Crippen LogP contribution is -2.15. The van der Waals surface area contributed by atoms with E-state index in [1.807, 2.05) is 43.3 Å². The molecule has 0 amide bonds. The highest BCUT2D eigenvalue weighted by atomic mass is 16.1.